The first-order valence-corrected chi connectivity index (χ1v) is 9.97. The normalized spacial score (nSPS) is 11.8. The minimum atomic E-state index is -0.321. The molecule has 0 bridgehead atoms. The molecule has 0 amide bonds. The minimum absolute atomic E-state index is 0.0684. The molecule has 2 heterocycles. The molecule has 1 atom stereocenters. The molecular formula is C21H22N2O5S. The van der Waals surface area contributed by atoms with Crippen LogP contribution in [0.25, 0.3) is 0 Å². The Morgan fingerprint density at radius 1 is 1.24 bits per heavy atom. The Kier molecular flexibility index (Phi) is 6.66. The van der Waals surface area contributed by atoms with Crippen molar-refractivity contribution in [3.8, 4) is 11.6 Å². The Hall–Kier alpha value is -3.13. The summed E-state index contributed by atoms with van der Waals surface area (Å²) in [5.74, 6) is 0.350. The third-order valence-electron chi connectivity index (χ3n) is 4.28. The van der Waals surface area contributed by atoms with Gasteiger partial charge in [-0.15, -0.1) is 0 Å². The Morgan fingerprint density at radius 2 is 2.00 bits per heavy atom. The summed E-state index contributed by atoms with van der Waals surface area (Å²) < 4.78 is 10.9. The average Bonchev–Trinajstić information content (AvgIpc) is 3.00. The van der Waals surface area contributed by atoms with Crippen LogP contribution in [0.1, 0.15) is 41.6 Å². The highest BCUT2D eigenvalue weighted by Gasteiger charge is 2.09. The van der Waals surface area contributed by atoms with Crippen LogP contribution in [0.2, 0.25) is 0 Å². The molecule has 2 aromatic heterocycles. The summed E-state index contributed by atoms with van der Waals surface area (Å²) in [6.07, 6.45) is 2.52. The zero-order valence-electron chi connectivity index (χ0n) is 16.2. The third-order valence-corrected chi connectivity index (χ3v) is 5.15. The quantitative estimate of drug-likeness (QED) is 0.548. The van der Waals surface area contributed by atoms with Crippen LogP contribution in [-0.4, -0.2) is 27.7 Å². The van der Waals surface area contributed by atoms with Crippen LogP contribution in [0, 0.1) is 0 Å². The number of aromatic amines is 1. The Bertz CT molecular complexity index is 1010. The van der Waals surface area contributed by atoms with Gasteiger partial charge in [0.15, 0.2) is 0 Å². The summed E-state index contributed by atoms with van der Waals surface area (Å²) in [5, 5.41) is 9.66. The lowest BCUT2D eigenvalue weighted by molar-refractivity contribution is -0.145. The summed E-state index contributed by atoms with van der Waals surface area (Å²) >= 11 is 1.01. The van der Waals surface area contributed by atoms with Crippen molar-refractivity contribution in [1.29, 1.82) is 0 Å². The van der Waals surface area contributed by atoms with Gasteiger partial charge in [-0.25, -0.2) is 0 Å². The molecule has 3 aromatic rings. The highest BCUT2D eigenvalue weighted by Crippen LogP contribution is 2.22. The van der Waals surface area contributed by atoms with Crippen LogP contribution in [0.4, 0.5) is 0 Å². The SMILES string of the molecule is CC(=O)OC(C)c1ccc(CCOc2ccc(Cc3sc(=O)[nH]c3O)cc2)nc1. The van der Waals surface area contributed by atoms with E-state index in [9.17, 15) is 14.7 Å². The molecular weight excluding hydrogens is 392 g/mol. The van der Waals surface area contributed by atoms with Gasteiger partial charge in [0.1, 0.15) is 11.9 Å². The van der Waals surface area contributed by atoms with Crippen molar-refractivity contribution < 1.29 is 19.4 Å². The fraction of sp³-hybridized carbons (Fsp3) is 0.286. The molecule has 0 fully saturated rings. The molecule has 0 aliphatic heterocycles. The van der Waals surface area contributed by atoms with E-state index in [1.54, 1.807) is 6.20 Å². The standard InChI is InChI=1S/C21H22N2O5S/c1-13(28-14(2)24)16-5-6-17(22-12-16)9-10-27-18-7-3-15(4-8-18)11-19-20(25)23-21(26)29-19/h3-8,12-13,25H,9-11H2,1-2H3,(H,23,26). The predicted octanol–water partition coefficient (Wildman–Crippen LogP) is 3.37. The second kappa shape index (κ2) is 9.38. The maximum absolute atomic E-state index is 11.2. The summed E-state index contributed by atoms with van der Waals surface area (Å²) in [4.78, 5) is 29.4. The van der Waals surface area contributed by atoms with Crippen molar-refractivity contribution in [3.05, 3.63) is 74.0 Å². The van der Waals surface area contributed by atoms with Crippen LogP contribution in [-0.2, 0) is 22.4 Å². The topological polar surface area (TPSA) is 102 Å². The van der Waals surface area contributed by atoms with Crippen molar-refractivity contribution in [2.24, 2.45) is 0 Å². The highest BCUT2D eigenvalue weighted by molar-refractivity contribution is 7.09. The van der Waals surface area contributed by atoms with Crippen molar-refractivity contribution in [3.63, 3.8) is 0 Å². The van der Waals surface area contributed by atoms with Gasteiger partial charge >= 0.3 is 10.8 Å². The third kappa shape index (κ3) is 5.92. The number of aromatic nitrogens is 2. The molecule has 1 aromatic carbocycles. The molecule has 0 spiro atoms. The van der Waals surface area contributed by atoms with Crippen molar-refractivity contribution in [1.82, 2.24) is 9.97 Å². The molecule has 152 valence electrons. The largest absolute Gasteiger partial charge is 0.494 e. The zero-order chi connectivity index (χ0) is 20.8. The maximum Gasteiger partial charge on any atom is 0.307 e. The fourth-order valence-corrected chi connectivity index (χ4v) is 3.53. The smallest absolute Gasteiger partial charge is 0.307 e. The van der Waals surface area contributed by atoms with Crippen LogP contribution in [0.5, 0.6) is 11.6 Å². The number of esters is 1. The van der Waals surface area contributed by atoms with Crippen LogP contribution in [0.15, 0.2) is 47.4 Å². The maximum atomic E-state index is 11.2. The fourth-order valence-electron chi connectivity index (χ4n) is 2.78. The number of carbonyl (C=O) groups excluding carboxylic acids is 1. The molecule has 3 rings (SSSR count). The van der Waals surface area contributed by atoms with E-state index in [2.05, 4.69) is 9.97 Å². The van der Waals surface area contributed by atoms with Crippen LogP contribution < -0.4 is 9.61 Å². The first-order valence-electron chi connectivity index (χ1n) is 9.15. The van der Waals surface area contributed by atoms with E-state index in [4.69, 9.17) is 9.47 Å². The van der Waals surface area contributed by atoms with Crippen molar-refractivity contribution >= 4 is 17.3 Å². The predicted molar refractivity (Wildman–Crippen MR) is 109 cm³/mol. The number of benzene rings is 1. The number of carbonyl (C=O) groups is 1. The Labute approximate surface area is 172 Å². The first-order chi connectivity index (χ1) is 13.9. The second-order valence-corrected chi connectivity index (χ2v) is 7.61. The highest BCUT2D eigenvalue weighted by atomic mass is 32.1. The number of aromatic hydroxyl groups is 1. The monoisotopic (exact) mass is 414 g/mol. The van der Waals surface area contributed by atoms with Gasteiger partial charge in [0, 0.05) is 37.2 Å². The molecule has 7 nitrogen and oxygen atoms in total. The Balaban J connectivity index is 1.48. The molecule has 0 aliphatic rings. The van der Waals surface area contributed by atoms with Gasteiger partial charge in [0.05, 0.1) is 11.5 Å². The summed E-state index contributed by atoms with van der Waals surface area (Å²) in [6.45, 7) is 3.67. The number of nitrogens with zero attached hydrogens (tertiary/aromatic N) is 1. The van der Waals surface area contributed by atoms with E-state index in [1.165, 1.54) is 6.92 Å². The lowest BCUT2D eigenvalue weighted by atomic mass is 10.1. The molecule has 0 saturated heterocycles. The number of thiazole rings is 1. The van der Waals surface area contributed by atoms with E-state index < -0.39 is 0 Å². The lowest BCUT2D eigenvalue weighted by Crippen LogP contribution is -2.07. The number of nitrogens with one attached hydrogen (secondary N) is 1. The van der Waals surface area contributed by atoms with Gasteiger partial charge < -0.3 is 14.6 Å². The number of pyridine rings is 1. The number of hydrogen-bond acceptors (Lipinski definition) is 7. The van der Waals surface area contributed by atoms with E-state index >= 15 is 0 Å². The molecule has 29 heavy (non-hydrogen) atoms. The summed E-state index contributed by atoms with van der Waals surface area (Å²) in [7, 11) is 0. The first kappa shape index (κ1) is 20.6. The molecule has 1 unspecified atom stereocenters. The van der Waals surface area contributed by atoms with E-state index in [1.807, 2.05) is 43.3 Å². The van der Waals surface area contributed by atoms with Crippen LogP contribution >= 0.6 is 11.3 Å². The number of hydrogen-bond donors (Lipinski definition) is 2. The minimum Gasteiger partial charge on any atom is -0.494 e. The summed E-state index contributed by atoms with van der Waals surface area (Å²) in [5.41, 5.74) is 2.71. The van der Waals surface area contributed by atoms with Crippen LogP contribution in [0.3, 0.4) is 0 Å². The zero-order valence-corrected chi connectivity index (χ0v) is 17.0. The Morgan fingerprint density at radius 3 is 2.59 bits per heavy atom. The van der Waals surface area contributed by atoms with Gasteiger partial charge in [-0.1, -0.05) is 29.5 Å². The second-order valence-electron chi connectivity index (χ2n) is 6.54. The molecule has 2 N–H and O–H groups in total. The van der Waals surface area contributed by atoms with E-state index in [0.29, 0.717) is 24.3 Å². The lowest BCUT2D eigenvalue weighted by Gasteiger charge is -2.12. The van der Waals surface area contributed by atoms with Crippen molar-refractivity contribution in [2.75, 3.05) is 6.61 Å². The number of rotatable bonds is 8. The van der Waals surface area contributed by atoms with Crippen molar-refractivity contribution in [2.45, 2.75) is 32.8 Å². The molecule has 0 radical (unpaired) electrons. The molecule has 0 saturated carbocycles. The van der Waals surface area contributed by atoms with E-state index in [0.717, 1.165) is 33.9 Å². The van der Waals surface area contributed by atoms with E-state index in [-0.39, 0.29) is 22.8 Å². The van der Waals surface area contributed by atoms with Gasteiger partial charge in [0.25, 0.3) is 0 Å². The number of ether oxygens (including phenoxy) is 2. The van der Waals surface area contributed by atoms with Gasteiger partial charge in [-0.2, -0.15) is 0 Å². The van der Waals surface area contributed by atoms with Gasteiger partial charge in [-0.3, -0.25) is 19.6 Å². The summed E-state index contributed by atoms with van der Waals surface area (Å²) in [6, 6.07) is 11.3. The number of H-pyrrole nitrogens is 1. The molecule has 0 aliphatic carbocycles. The average molecular weight is 414 g/mol. The van der Waals surface area contributed by atoms with Gasteiger partial charge in [0.2, 0.25) is 5.88 Å². The molecule has 8 heteroatoms. The van der Waals surface area contributed by atoms with Gasteiger partial charge in [-0.05, 0) is 30.7 Å².